The summed E-state index contributed by atoms with van der Waals surface area (Å²) in [6.45, 7) is 0.495. The molecule has 2 aromatic rings. The molecule has 0 radical (unpaired) electrons. The molecular weight excluding hydrogens is 252 g/mol. The third kappa shape index (κ3) is 4.10. The SMILES string of the molecule is NC(=O)CC(N)c1cccc(OCc2ccccc2)c1. The van der Waals surface area contributed by atoms with Crippen molar-refractivity contribution in [2.75, 3.05) is 0 Å². The summed E-state index contributed by atoms with van der Waals surface area (Å²) in [6, 6.07) is 16.9. The average Bonchev–Trinajstić information content (AvgIpc) is 2.46. The fraction of sp³-hybridized carbons (Fsp3) is 0.188. The molecule has 4 heteroatoms. The summed E-state index contributed by atoms with van der Waals surface area (Å²) in [5.41, 5.74) is 13.0. The van der Waals surface area contributed by atoms with Crippen molar-refractivity contribution in [3.63, 3.8) is 0 Å². The van der Waals surface area contributed by atoms with Crippen LogP contribution >= 0.6 is 0 Å². The van der Waals surface area contributed by atoms with Crippen molar-refractivity contribution in [3.8, 4) is 5.75 Å². The van der Waals surface area contributed by atoms with Gasteiger partial charge in [0.25, 0.3) is 0 Å². The van der Waals surface area contributed by atoms with Crippen LogP contribution in [0.25, 0.3) is 0 Å². The Labute approximate surface area is 118 Å². The molecule has 1 atom stereocenters. The van der Waals surface area contributed by atoms with Gasteiger partial charge in [-0.3, -0.25) is 4.79 Å². The number of primary amides is 1. The van der Waals surface area contributed by atoms with Crippen molar-refractivity contribution in [3.05, 3.63) is 65.7 Å². The van der Waals surface area contributed by atoms with E-state index >= 15 is 0 Å². The Hall–Kier alpha value is -2.33. The molecule has 0 saturated carbocycles. The first-order valence-electron chi connectivity index (χ1n) is 6.46. The van der Waals surface area contributed by atoms with E-state index in [0.717, 1.165) is 16.9 Å². The second kappa shape index (κ2) is 6.73. The van der Waals surface area contributed by atoms with E-state index in [-0.39, 0.29) is 6.42 Å². The van der Waals surface area contributed by atoms with Gasteiger partial charge < -0.3 is 16.2 Å². The zero-order valence-corrected chi connectivity index (χ0v) is 11.2. The first-order chi connectivity index (χ1) is 9.65. The molecule has 0 spiro atoms. The van der Waals surface area contributed by atoms with Crippen molar-refractivity contribution in [1.29, 1.82) is 0 Å². The number of hydrogen-bond donors (Lipinski definition) is 2. The van der Waals surface area contributed by atoms with Crippen LogP contribution in [0.15, 0.2) is 54.6 Å². The van der Waals surface area contributed by atoms with E-state index in [4.69, 9.17) is 16.2 Å². The Morgan fingerprint density at radius 1 is 1.10 bits per heavy atom. The second-order valence-electron chi connectivity index (χ2n) is 4.62. The molecule has 1 amide bonds. The van der Waals surface area contributed by atoms with Gasteiger partial charge in [-0.05, 0) is 23.3 Å². The van der Waals surface area contributed by atoms with Crippen LogP contribution in [0, 0.1) is 0 Å². The maximum atomic E-state index is 10.9. The van der Waals surface area contributed by atoms with E-state index in [9.17, 15) is 4.79 Å². The molecule has 0 fully saturated rings. The lowest BCUT2D eigenvalue weighted by Gasteiger charge is -2.12. The molecular formula is C16H18N2O2. The highest BCUT2D eigenvalue weighted by Crippen LogP contribution is 2.20. The molecule has 0 aliphatic heterocycles. The highest BCUT2D eigenvalue weighted by atomic mass is 16.5. The van der Waals surface area contributed by atoms with Gasteiger partial charge in [0.15, 0.2) is 0 Å². The summed E-state index contributed by atoms with van der Waals surface area (Å²) in [7, 11) is 0. The summed E-state index contributed by atoms with van der Waals surface area (Å²) >= 11 is 0. The van der Waals surface area contributed by atoms with Crippen LogP contribution in [0.4, 0.5) is 0 Å². The topological polar surface area (TPSA) is 78.3 Å². The Morgan fingerprint density at radius 3 is 2.55 bits per heavy atom. The number of carbonyl (C=O) groups is 1. The van der Waals surface area contributed by atoms with E-state index in [0.29, 0.717) is 6.61 Å². The van der Waals surface area contributed by atoms with Gasteiger partial charge >= 0.3 is 0 Å². The fourth-order valence-corrected chi connectivity index (χ4v) is 1.91. The number of hydrogen-bond acceptors (Lipinski definition) is 3. The fourth-order valence-electron chi connectivity index (χ4n) is 1.91. The lowest BCUT2D eigenvalue weighted by atomic mass is 10.0. The lowest BCUT2D eigenvalue weighted by molar-refractivity contribution is -0.118. The highest BCUT2D eigenvalue weighted by Gasteiger charge is 2.10. The maximum Gasteiger partial charge on any atom is 0.219 e. The smallest absolute Gasteiger partial charge is 0.219 e. The zero-order chi connectivity index (χ0) is 14.4. The Kier molecular flexibility index (Phi) is 4.74. The van der Waals surface area contributed by atoms with Gasteiger partial charge in [-0.25, -0.2) is 0 Å². The third-order valence-electron chi connectivity index (χ3n) is 2.96. The van der Waals surface area contributed by atoms with Crippen molar-refractivity contribution in [1.82, 2.24) is 0 Å². The minimum absolute atomic E-state index is 0.127. The van der Waals surface area contributed by atoms with Crippen molar-refractivity contribution in [2.45, 2.75) is 19.1 Å². The van der Waals surface area contributed by atoms with Crippen LogP contribution in [0.3, 0.4) is 0 Å². The predicted octanol–water partition coefficient (Wildman–Crippen LogP) is 2.14. The number of amides is 1. The van der Waals surface area contributed by atoms with Crippen molar-refractivity contribution >= 4 is 5.91 Å². The number of nitrogens with two attached hydrogens (primary N) is 2. The quantitative estimate of drug-likeness (QED) is 0.844. The lowest BCUT2D eigenvalue weighted by Crippen LogP contribution is -2.20. The van der Waals surface area contributed by atoms with E-state index in [2.05, 4.69) is 0 Å². The summed E-state index contributed by atoms with van der Waals surface area (Å²) in [6.07, 6.45) is 0.127. The van der Waals surface area contributed by atoms with E-state index in [1.165, 1.54) is 0 Å². The molecule has 0 aliphatic rings. The van der Waals surface area contributed by atoms with Gasteiger partial charge in [0.1, 0.15) is 12.4 Å². The summed E-state index contributed by atoms with van der Waals surface area (Å²) in [4.78, 5) is 10.9. The third-order valence-corrected chi connectivity index (χ3v) is 2.96. The van der Waals surface area contributed by atoms with Crippen LogP contribution in [0.1, 0.15) is 23.6 Å². The summed E-state index contributed by atoms with van der Waals surface area (Å²) in [5.74, 6) is 0.319. The standard InChI is InChI=1S/C16H18N2O2/c17-15(10-16(18)19)13-7-4-8-14(9-13)20-11-12-5-2-1-3-6-12/h1-9,15H,10-11,17H2,(H2,18,19). The van der Waals surface area contributed by atoms with Gasteiger partial charge in [0, 0.05) is 12.5 Å². The largest absolute Gasteiger partial charge is 0.489 e. The Morgan fingerprint density at radius 2 is 1.85 bits per heavy atom. The first kappa shape index (κ1) is 14.1. The summed E-state index contributed by atoms with van der Waals surface area (Å²) in [5, 5.41) is 0. The highest BCUT2D eigenvalue weighted by molar-refractivity contribution is 5.74. The monoisotopic (exact) mass is 270 g/mol. The van der Waals surface area contributed by atoms with Crippen molar-refractivity contribution in [2.24, 2.45) is 11.5 Å². The zero-order valence-electron chi connectivity index (χ0n) is 11.2. The molecule has 104 valence electrons. The van der Waals surface area contributed by atoms with Crippen LogP contribution in [-0.2, 0) is 11.4 Å². The van der Waals surface area contributed by atoms with Gasteiger partial charge in [0.05, 0.1) is 0 Å². The van der Waals surface area contributed by atoms with E-state index in [1.807, 2.05) is 54.6 Å². The molecule has 4 N–H and O–H groups in total. The number of rotatable bonds is 6. The van der Waals surface area contributed by atoms with Gasteiger partial charge in [-0.15, -0.1) is 0 Å². The van der Waals surface area contributed by atoms with Crippen molar-refractivity contribution < 1.29 is 9.53 Å². The summed E-state index contributed by atoms with van der Waals surface area (Å²) < 4.78 is 5.72. The van der Waals surface area contributed by atoms with Crippen LogP contribution in [-0.4, -0.2) is 5.91 Å². The Bertz CT molecular complexity index is 570. The average molecular weight is 270 g/mol. The number of ether oxygens (including phenoxy) is 1. The first-order valence-corrected chi connectivity index (χ1v) is 6.46. The molecule has 2 rings (SSSR count). The Balaban J connectivity index is 2.01. The van der Waals surface area contributed by atoms with Crippen LogP contribution < -0.4 is 16.2 Å². The predicted molar refractivity (Wildman–Crippen MR) is 78.0 cm³/mol. The minimum Gasteiger partial charge on any atom is -0.489 e. The molecule has 2 aromatic carbocycles. The number of carbonyl (C=O) groups excluding carboxylic acids is 1. The molecule has 0 aromatic heterocycles. The van der Waals surface area contributed by atoms with Gasteiger partial charge in [-0.2, -0.15) is 0 Å². The van der Waals surface area contributed by atoms with Crippen LogP contribution in [0.2, 0.25) is 0 Å². The molecule has 20 heavy (non-hydrogen) atoms. The molecule has 4 nitrogen and oxygen atoms in total. The van der Waals surface area contributed by atoms with Gasteiger partial charge in [-0.1, -0.05) is 42.5 Å². The number of benzene rings is 2. The molecule has 1 unspecified atom stereocenters. The van der Waals surface area contributed by atoms with E-state index in [1.54, 1.807) is 0 Å². The van der Waals surface area contributed by atoms with Gasteiger partial charge in [0.2, 0.25) is 5.91 Å². The van der Waals surface area contributed by atoms with Crippen LogP contribution in [0.5, 0.6) is 5.75 Å². The molecule has 0 aliphatic carbocycles. The second-order valence-corrected chi connectivity index (χ2v) is 4.62. The molecule has 0 heterocycles. The maximum absolute atomic E-state index is 10.9. The molecule has 0 saturated heterocycles. The van der Waals surface area contributed by atoms with E-state index < -0.39 is 11.9 Å². The minimum atomic E-state index is -0.409. The normalized spacial score (nSPS) is 11.8. The molecule has 0 bridgehead atoms.